The first-order chi connectivity index (χ1) is 8.52. The number of halogens is 2. The molecule has 0 atom stereocenters. The monoisotopic (exact) mass is 255 g/mol. The van der Waals surface area contributed by atoms with Crippen LogP contribution in [-0.4, -0.2) is 21.3 Å². The Balaban J connectivity index is 2.55. The number of aromatic carboxylic acids is 1. The number of rotatable bonds is 3. The van der Waals surface area contributed by atoms with E-state index < -0.39 is 24.2 Å². The molecule has 2 rings (SSSR count). The minimum Gasteiger partial charge on any atom is -0.476 e. The molecule has 0 unspecified atom stereocenters. The van der Waals surface area contributed by atoms with Gasteiger partial charge in [-0.2, -0.15) is 0 Å². The molecular weight excluding hydrogens is 248 g/mol. The first-order valence-corrected chi connectivity index (χ1v) is 4.82. The Kier molecular flexibility index (Phi) is 3.07. The molecular formula is C11H7F2NO4. The molecule has 5 nitrogen and oxygen atoms in total. The topological polar surface area (TPSA) is 83.6 Å². The van der Waals surface area contributed by atoms with Gasteiger partial charge in [-0.25, -0.2) is 13.6 Å². The summed E-state index contributed by atoms with van der Waals surface area (Å²) < 4.78 is 30.8. The minimum atomic E-state index is -1.31. The highest BCUT2D eigenvalue weighted by Crippen LogP contribution is 2.27. The zero-order valence-corrected chi connectivity index (χ0v) is 8.85. The van der Waals surface area contributed by atoms with Gasteiger partial charge in [0.1, 0.15) is 0 Å². The van der Waals surface area contributed by atoms with Crippen LogP contribution in [0.2, 0.25) is 0 Å². The molecule has 0 amide bonds. The van der Waals surface area contributed by atoms with E-state index in [0.29, 0.717) is 0 Å². The maximum atomic E-state index is 13.1. The number of aliphatic hydroxyl groups is 1. The molecule has 1 heterocycles. The second kappa shape index (κ2) is 4.53. The first-order valence-electron chi connectivity index (χ1n) is 4.82. The highest BCUT2D eigenvalue weighted by Gasteiger charge is 2.17. The van der Waals surface area contributed by atoms with Gasteiger partial charge in [-0.15, -0.1) is 0 Å². The standard InChI is InChI=1S/C11H7F2NO4/c12-7-1-5(4-15)6(2-8(7)13)10-3-9(11(16)17)14-18-10/h1-3,15H,4H2,(H,16,17). The summed E-state index contributed by atoms with van der Waals surface area (Å²) in [6.45, 7) is -0.546. The van der Waals surface area contributed by atoms with Crippen molar-refractivity contribution in [1.29, 1.82) is 0 Å². The van der Waals surface area contributed by atoms with Gasteiger partial charge in [0, 0.05) is 11.6 Å². The van der Waals surface area contributed by atoms with Crippen molar-refractivity contribution in [1.82, 2.24) is 5.16 Å². The zero-order valence-electron chi connectivity index (χ0n) is 8.85. The quantitative estimate of drug-likeness (QED) is 0.873. The average Bonchev–Trinajstić information content (AvgIpc) is 2.81. The van der Waals surface area contributed by atoms with Crippen LogP contribution in [-0.2, 0) is 6.61 Å². The van der Waals surface area contributed by atoms with Gasteiger partial charge in [0.05, 0.1) is 6.61 Å². The van der Waals surface area contributed by atoms with Gasteiger partial charge in [-0.3, -0.25) is 0 Å². The number of carbonyl (C=O) groups is 1. The second-order valence-corrected chi connectivity index (χ2v) is 3.46. The van der Waals surface area contributed by atoms with Crippen LogP contribution in [0.25, 0.3) is 11.3 Å². The normalized spacial score (nSPS) is 10.6. The number of hydrogen-bond donors (Lipinski definition) is 2. The molecule has 0 bridgehead atoms. The number of aliphatic hydroxyl groups excluding tert-OH is 1. The van der Waals surface area contributed by atoms with E-state index in [1.807, 2.05) is 0 Å². The molecule has 1 aromatic heterocycles. The van der Waals surface area contributed by atoms with Gasteiger partial charge in [0.15, 0.2) is 23.1 Å². The Morgan fingerprint density at radius 2 is 1.94 bits per heavy atom. The van der Waals surface area contributed by atoms with Crippen LogP contribution in [0.3, 0.4) is 0 Å². The van der Waals surface area contributed by atoms with Crippen LogP contribution >= 0.6 is 0 Å². The number of aromatic nitrogens is 1. The Bertz CT molecular complexity index is 609. The van der Waals surface area contributed by atoms with E-state index in [1.54, 1.807) is 0 Å². The Labute approximate surface area is 99.3 Å². The van der Waals surface area contributed by atoms with Crippen molar-refractivity contribution < 1.29 is 28.3 Å². The van der Waals surface area contributed by atoms with Gasteiger partial charge >= 0.3 is 5.97 Å². The maximum Gasteiger partial charge on any atom is 0.358 e. The predicted octanol–water partition coefficient (Wildman–Crippen LogP) is 1.81. The minimum absolute atomic E-state index is 0.0522. The van der Waals surface area contributed by atoms with Crippen LogP contribution in [0.4, 0.5) is 8.78 Å². The van der Waals surface area contributed by atoms with E-state index >= 15 is 0 Å². The summed E-state index contributed by atoms with van der Waals surface area (Å²) in [7, 11) is 0. The lowest BCUT2D eigenvalue weighted by atomic mass is 10.0. The molecule has 0 aliphatic heterocycles. The van der Waals surface area contributed by atoms with Gasteiger partial charge < -0.3 is 14.7 Å². The zero-order chi connectivity index (χ0) is 13.3. The number of benzene rings is 1. The number of hydrogen-bond acceptors (Lipinski definition) is 4. The van der Waals surface area contributed by atoms with Crippen molar-refractivity contribution in [3.63, 3.8) is 0 Å². The summed E-state index contributed by atoms with van der Waals surface area (Å²) >= 11 is 0. The van der Waals surface area contributed by atoms with Crippen LogP contribution in [0.15, 0.2) is 22.7 Å². The fourth-order valence-corrected chi connectivity index (χ4v) is 1.45. The highest BCUT2D eigenvalue weighted by atomic mass is 19.2. The maximum absolute atomic E-state index is 13.1. The molecule has 0 radical (unpaired) electrons. The van der Waals surface area contributed by atoms with Crippen molar-refractivity contribution in [2.75, 3.05) is 0 Å². The SMILES string of the molecule is O=C(O)c1cc(-c2cc(F)c(F)cc2CO)on1. The molecule has 0 spiro atoms. The molecule has 0 aliphatic carbocycles. The Hall–Kier alpha value is -2.28. The lowest BCUT2D eigenvalue weighted by Crippen LogP contribution is -1.95. The molecule has 2 aromatic rings. The summed E-state index contributed by atoms with van der Waals surface area (Å²) in [4.78, 5) is 10.6. The fourth-order valence-electron chi connectivity index (χ4n) is 1.45. The molecule has 2 N–H and O–H groups in total. The number of carboxylic acid groups (broad SMARTS) is 1. The number of nitrogens with zero attached hydrogens (tertiary/aromatic N) is 1. The molecule has 0 saturated heterocycles. The third kappa shape index (κ3) is 2.07. The summed E-state index contributed by atoms with van der Waals surface area (Å²) in [6.07, 6.45) is 0. The van der Waals surface area contributed by atoms with Gasteiger partial charge in [0.25, 0.3) is 0 Å². The van der Waals surface area contributed by atoms with Crippen LogP contribution in [0.5, 0.6) is 0 Å². The van der Waals surface area contributed by atoms with Crippen molar-refractivity contribution in [2.24, 2.45) is 0 Å². The lowest BCUT2D eigenvalue weighted by Gasteiger charge is -2.04. The van der Waals surface area contributed by atoms with Gasteiger partial charge in [-0.05, 0) is 17.7 Å². The smallest absolute Gasteiger partial charge is 0.358 e. The van der Waals surface area contributed by atoms with Crippen LogP contribution in [0, 0.1) is 11.6 Å². The van der Waals surface area contributed by atoms with Gasteiger partial charge in [0.2, 0.25) is 0 Å². The largest absolute Gasteiger partial charge is 0.476 e. The van der Waals surface area contributed by atoms with E-state index in [9.17, 15) is 13.6 Å². The number of carboxylic acids is 1. The molecule has 18 heavy (non-hydrogen) atoms. The molecule has 7 heteroatoms. The Morgan fingerprint density at radius 1 is 1.28 bits per heavy atom. The molecule has 0 fully saturated rings. The second-order valence-electron chi connectivity index (χ2n) is 3.46. The predicted molar refractivity (Wildman–Crippen MR) is 54.7 cm³/mol. The first kappa shape index (κ1) is 12.2. The van der Waals surface area contributed by atoms with Crippen molar-refractivity contribution in [2.45, 2.75) is 6.61 Å². The summed E-state index contributed by atoms with van der Waals surface area (Å²) in [5, 5.41) is 21.0. The van der Waals surface area contributed by atoms with E-state index in [2.05, 4.69) is 5.16 Å². The third-order valence-corrected chi connectivity index (χ3v) is 2.31. The van der Waals surface area contributed by atoms with Gasteiger partial charge in [-0.1, -0.05) is 5.16 Å². The molecule has 94 valence electrons. The van der Waals surface area contributed by atoms with Crippen molar-refractivity contribution >= 4 is 5.97 Å². The lowest BCUT2D eigenvalue weighted by molar-refractivity contribution is 0.0686. The van der Waals surface area contributed by atoms with Crippen LogP contribution < -0.4 is 0 Å². The molecule has 1 aromatic carbocycles. The van der Waals surface area contributed by atoms with E-state index in [4.69, 9.17) is 14.7 Å². The molecule has 0 aliphatic rings. The van der Waals surface area contributed by atoms with Crippen molar-refractivity contribution in [3.05, 3.63) is 41.1 Å². The average molecular weight is 255 g/mol. The van der Waals surface area contributed by atoms with Crippen molar-refractivity contribution in [3.8, 4) is 11.3 Å². The third-order valence-electron chi connectivity index (χ3n) is 2.31. The van der Waals surface area contributed by atoms with E-state index in [0.717, 1.165) is 18.2 Å². The summed E-state index contributed by atoms with van der Waals surface area (Å²) in [6, 6.07) is 2.69. The van der Waals surface area contributed by atoms with Crippen LogP contribution in [0.1, 0.15) is 16.1 Å². The van der Waals surface area contributed by atoms with E-state index in [-0.39, 0.29) is 22.6 Å². The Morgan fingerprint density at radius 3 is 2.50 bits per heavy atom. The summed E-state index contributed by atoms with van der Waals surface area (Å²) in [5.74, 6) is -3.61. The van der Waals surface area contributed by atoms with E-state index in [1.165, 1.54) is 0 Å². The fraction of sp³-hybridized carbons (Fsp3) is 0.0909. The highest BCUT2D eigenvalue weighted by molar-refractivity contribution is 5.86. The summed E-state index contributed by atoms with van der Waals surface area (Å²) in [5.41, 5.74) is -0.239. The molecule has 0 saturated carbocycles.